The molecule has 156 valence electrons. The van der Waals surface area contributed by atoms with Crippen LogP contribution in [0.25, 0.3) is 10.9 Å². The first-order valence-electron chi connectivity index (χ1n) is 9.04. The van der Waals surface area contributed by atoms with Gasteiger partial charge in [-0.05, 0) is 29.8 Å². The van der Waals surface area contributed by atoms with Gasteiger partial charge in [0.1, 0.15) is 6.04 Å². The zero-order valence-corrected chi connectivity index (χ0v) is 17.5. The van der Waals surface area contributed by atoms with Gasteiger partial charge in [0.15, 0.2) is 0 Å². The Kier molecular flexibility index (Phi) is 6.97. The van der Waals surface area contributed by atoms with Crippen LogP contribution in [-0.2, 0) is 20.7 Å². The van der Waals surface area contributed by atoms with Gasteiger partial charge in [-0.3, -0.25) is 9.59 Å². The van der Waals surface area contributed by atoms with E-state index in [1.807, 2.05) is 24.3 Å². The van der Waals surface area contributed by atoms with Crippen molar-refractivity contribution in [3.63, 3.8) is 0 Å². The number of carbonyl (C=O) groups is 3. The first-order valence-corrected chi connectivity index (χ1v) is 9.80. The van der Waals surface area contributed by atoms with Crippen molar-refractivity contribution in [3.8, 4) is 0 Å². The summed E-state index contributed by atoms with van der Waals surface area (Å²) in [6.07, 6.45) is 2.02. The molecule has 0 bridgehead atoms. The smallest absolute Gasteiger partial charge is 0.328 e. The topological polar surface area (TPSA) is 100 Å². The lowest BCUT2D eigenvalue weighted by Crippen LogP contribution is -2.47. The summed E-state index contributed by atoms with van der Waals surface area (Å²) < 4.78 is 4.81. The molecule has 3 aromatic rings. The van der Waals surface area contributed by atoms with Crippen molar-refractivity contribution in [2.75, 3.05) is 13.7 Å². The van der Waals surface area contributed by atoms with Gasteiger partial charge in [0.2, 0.25) is 5.91 Å². The summed E-state index contributed by atoms with van der Waals surface area (Å²) in [5, 5.41) is 6.60. The van der Waals surface area contributed by atoms with E-state index < -0.39 is 23.8 Å². The number of ether oxygens (including phenoxy) is 1. The number of H-pyrrole nitrogens is 1. The number of amides is 2. The van der Waals surface area contributed by atoms with E-state index in [1.165, 1.54) is 25.3 Å². The molecule has 0 saturated heterocycles. The maximum atomic E-state index is 12.3. The van der Waals surface area contributed by atoms with Gasteiger partial charge >= 0.3 is 5.97 Å². The van der Waals surface area contributed by atoms with E-state index in [-0.39, 0.29) is 23.6 Å². The highest BCUT2D eigenvalue weighted by molar-refractivity contribution is 6.36. The maximum Gasteiger partial charge on any atom is 0.328 e. The normalized spacial score (nSPS) is 11.7. The minimum absolute atomic E-state index is 0.173. The second-order valence-corrected chi connectivity index (χ2v) is 7.36. The van der Waals surface area contributed by atoms with Crippen LogP contribution < -0.4 is 10.6 Å². The number of hydrogen-bond acceptors (Lipinski definition) is 4. The monoisotopic (exact) mass is 447 g/mol. The molecule has 1 heterocycles. The summed E-state index contributed by atoms with van der Waals surface area (Å²) in [6, 6.07) is 11.2. The number of hydrogen-bond donors (Lipinski definition) is 3. The van der Waals surface area contributed by atoms with Crippen molar-refractivity contribution in [2.24, 2.45) is 0 Å². The lowest BCUT2D eigenvalue weighted by molar-refractivity contribution is -0.144. The summed E-state index contributed by atoms with van der Waals surface area (Å²) in [5.74, 6) is -1.65. The molecule has 0 unspecified atom stereocenters. The lowest BCUT2D eigenvalue weighted by atomic mass is 10.0. The average molecular weight is 448 g/mol. The number of para-hydroxylation sites is 1. The van der Waals surface area contributed by atoms with Gasteiger partial charge in [0, 0.05) is 28.5 Å². The van der Waals surface area contributed by atoms with Crippen LogP contribution in [0.3, 0.4) is 0 Å². The Hall–Kier alpha value is -3.03. The van der Waals surface area contributed by atoms with E-state index in [9.17, 15) is 14.4 Å². The van der Waals surface area contributed by atoms with E-state index in [1.54, 1.807) is 6.20 Å². The van der Waals surface area contributed by atoms with E-state index in [2.05, 4.69) is 15.6 Å². The predicted molar refractivity (Wildman–Crippen MR) is 115 cm³/mol. The Morgan fingerprint density at radius 3 is 2.63 bits per heavy atom. The van der Waals surface area contributed by atoms with Crippen molar-refractivity contribution in [1.82, 2.24) is 15.6 Å². The number of fused-ring (bicyclic) bond motifs is 1. The number of nitrogens with one attached hydrogen (secondary N) is 3. The van der Waals surface area contributed by atoms with E-state index in [4.69, 9.17) is 27.9 Å². The van der Waals surface area contributed by atoms with Gasteiger partial charge in [-0.15, -0.1) is 0 Å². The number of benzene rings is 2. The van der Waals surface area contributed by atoms with Gasteiger partial charge in [-0.2, -0.15) is 0 Å². The lowest BCUT2D eigenvalue weighted by Gasteiger charge is -2.16. The van der Waals surface area contributed by atoms with Gasteiger partial charge in [0.05, 0.1) is 24.2 Å². The molecule has 1 aromatic heterocycles. The Balaban J connectivity index is 1.64. The minimum atomic E-state index is -0.905. The van der Waals surface area contributed by atoms with E-state index >= 15 is 0 Å². The Morgan fingerprint density at radius 2 is 1.90 bits per heavy atom. The largest absolute Gasteiger partial charge is 0.467 e. The zero-order chi connectivity index (χ0) is 21.7. The highest BCUT2D eigenvalue weighted by Crippen LogP contribution is 2.21. The SMILES string of the molecule is COC(=O)[C@@H](Cc1c[nH]c2ccccc12)NC(=O)CNC(=O)c1ccc(Cl)cc1Cl. The van der Waals surface area contributed by atoms with E-state index in [0.717, 1.165) is 16.5 Å². The highest BCUT2D eigenvalue weighted by Gasteiger charge is 2.23. The van der Waals surface area contributed by atoms with Crippen molar-refractivity contribution in [2.45, 2.75) is 12.5 Å². The number of methoxy groups -OCH3 is 1. The number of aromatic nitrogens is 1. The van der Waals surface area contributed by atoms with Gasteiger partial charge in [0.25, 0.3) is 5.91 Å². The molecule has 0 aliphatic heterocycles. The Labute approximate surface area is 182 Å². The molecule has 3 rings (SSSR count). The van der Waals surface area contributed by atoms with E-state index in [0.29, 0.717) is 5.02 Å². The third-order valence-electron chi connectivity index (χ3n) is 4.51. The highest BCUT2D eigenvalue weighted by atomic mass is 35.5. The molecular weight excluding hydrogens is 429 g/mol. The molecule has 0 aliphatic carbocycles. The number of carbonyl (C=O) groups excluding carboxylic acids is 3. The van der Waals surface area contributed by atoms with Crippen molar-refractivity contribution in [3.05, 3.63) is 69.8 Å². The second kappa shape index (κ2) is 9.65. The number of esters is 1. The molecule has 9 heteroatoms. The molecule has 0 spiro atoms. The van der Waals surface area contributed by atoms with Crippen molar-refractivity contribution in [1.29, 1.82) is 0 Å². The molecule has 0 aliphatic rings. The molecule has 30 heavy (non-hydrogen) atoms. The van der Waals surface area contributed by atoms with Gasteiger partial charge < -0.3 is 20.4 Å². The summed E-state index contributed by atoms with van der Waals surface area (Å²) in [4.78, 5) is 39.9. The van der Waals surface area contributed by atoms with Crippen molar-refractivity contribution >= 4 is 51.9 Å². The van der Waals surface area contributed by atoms with Crippen LogP contribution in [0.2, 0.25) is 10.0 Å². The Morgan fingerprint density at radius 1 is 1.13 bits per heavy atom. The van der Waals surface area contributed by atoms with Gasteiger partial charge in [-0.25, -0.2) is 4.79 Å². The van der Waals surface area contributed by atoms with Gasteiger partial charge in [-0.1, -0.05) is 41.4 Å². The molecule has 0 saturated carbocycles. The molecule has 7 nitrogen and oxygen atoms in total. The van der Waals surface area contributed by atoms with Crippen LogP contribution in [0.15, 0.2) is 48.7 Å². The molecule has 0 fully saturated rings. The fourth-order valence-electron chi connectivity index (χ4n) is 3.03. The summed E-state index contributed by atoms with van der Waals surface area (Å²) in [5.41, 5.74) is 1.98. The van der Waals surface area contributed by atoms with Crippen LogP contribution in [0, 0.1) is 0 Å². The minimum Gasteiger partial charge on any atom is -0.467 e. The number of aromatic amines is 1. The van der Waals surface area contributed by atoms with Crippen molar-refractivity contribution < 1.29 is 19.1 Å². The summed E-state index contributed by atoms with van der Waals surface area (Å²) >= 11 is 11.8. The molecular formula is C21H19Cl2N3O4. The zero-order valence-electron chi connectivity index (χ0n) is 16.0. The quantitative estimate of drug-likeness (QED) is 0.484. The van der Waals surface area contributed by atoms with Crippen LogP contribution in [0.1, 0.15) is 15.9 Å². The molecule has 0 radical (unpaired) electrons. The van der Waals surface area contributed by atoms with Crippen LogP contribution in [0.4, 0.5) is 0 Å². The first kappa shape index (κ1) is 21.7. The predicted octanol–water partition coefficient (Wildman–Crippen LogP) is 3.11. The number of halogens is 2. The van der Waals surface area contributed by atoms with Crippen LogP contribution in [0.5, 0.6) is 0 Å². The fourth-order valence-corrected chi connectivity index (χ4v) is 3.53. The molecule has 3 N–H and O–H groups in total. The number of rotatable bonds is 7. The summed E-state index contributed by atoms with van der Waals surface area (Å²) in [7, 11) is 1.25. The maximum absolute atomic E-state index is 12.3. The van der Waals surface area contributed by atoms with Crippen LogP contribution >= 0.6 is 23.2 Å². The molecule has 1 atom stereocenters. The second-order valence-electron chi connectivity index (χ2n) is 6.51. The average Bonchev–Trinajstić information content (AvgIpc) is 3.14. The first-order chi connectivity index (χ1) is 14.4. The molecule has 2 amide bonds. The Bertz CT molecular complexity index is 1100. The fraction of sp³-hybridized carbons (Fsp3) is 0.190. The molecule has 2 aromatic carbocycles. The van der Waals surface area contributed by atoms with Crippen LogP contribution in [-0.4, -0.2) is 42.5 Å². The third-order valence-corrected chi connectivity index (χ3v) is 5.05. The summed E-state index contributed by atoms with van der Waals surface area (Å²) in [6.45, 7) is -0.334. The standard InChI is InChI=1S/C21H19Cl2N3O4/c1-30-21(29)18(8-12-10-24-17-5-3-2-4-14(12)17)26-19(27)11-25-20(28)15-7-6-13(22)9-16(15)23/h2-7,9-10,18,24H,8,11H2,1H3,(H,25,28)(H,26,27)/t18-/m1/s1. The third kappa shape index (κ3) is 5.11.